The van der Waals surface area contributed by atoms with Crippen LogP contribution in [0.25, 0.3) is 5.76 Å². The zero-order valence-electron chi connectivity index (χ0n) is 18.5. The maximum Gasteiger partial charge on any atom is 0.295 e. The second kappa shape index (κ2) is 10.0. The first-order valence-corrected chi connectivity index (χ1v) is 10.4. The summed E-state index contributed by atoms with van der Waals surface area (Å²) in [7, 11) is 6.76. The number of rotatable bonds is 8. The minimum absolute atomic E-state index is 0.0348. The normalized spacial score (nSPS) is 17.8. The highest BCUT2D eigenvalue weighted by Gasteiger charge is 2.46. The van der Waals surface area contributed by atoms with Crippen molar-refractivity contribution in [2.45, 2.75) is 12.5 Å². The van der Waals surface area contributed by atoms with Crippen LogP contribution in [-0.4, -0.2) is 73.0 Å². The minimum Gasteiger partial charge on any atom is -0.507 e. The second-order valence-electron chi connectivity index (χ2n) is 7.62. The number of aliphatic hydroxyl groups is 1. The number of methoxy groups -OCH3 is 2. The van der Waals surface area contributed by atoms with E-state index in [0.29, 0.717) is 24.3 Å². The number of amides is 1. The Kier molecular flexibility index (Phi) is 7.37. The molecule has 0 bridgehead atoms. The number of pyridine rings is 1. The third kappa shape index (κ3) is 4.56. The fraction of sp³-hybridized carbons (Fsp3) is 0.348. The van der Waals surface area contributed by atoms with Gasteiger partial charge in [0.25, 0.3) is 11.7 Å². The summed E-state index contributed by atoms with van der Waals surface area (Å²) in [6.45, 7) is 1.09. The number of likely N-dealkylation sites (tertiary alicyclic amines) is 1. The SMILES string of the molecule is COc1cc(OC)c(/C(O)=C2\C(=O)C(=O)N(CCCN(C)C)C2c2cccnc2)cc1Cl. The minimum atomic E-state index is -0.781. The molecule has 170 valence electrons. The van der Waals surface area contributed by atoms with Crippen LogP contribution < -0.4 is 9.47 Å². The lowest BCUT2D eigenvalue weighted by molar-refractivity contribution is -0.139. The number of halogens is 1. The fourth-order valence-corrected chi connectivity index (χ4v) is 3.98. The summed E-state index contributed by atoms with van der Waals surface area (Å²) in [6.07, 6.45) is 3.85. The van der Waals surface area contributed by atoms with Crippen LogP contribution >= 0.6 is 11.6 Å². The van der Waals surface area contributed by atoms with Crippen LogP contribution in [0.2, 0.25) is 5.02 Å². The molecule has 1 amide bonds. The maximum absolute atomic E-state index is 13.1. The van der Waals surface area contributed by atoms with E-state index in [0.717, 1.165) is 6.54 Å². The van der Waals surface area contributed by atoms with Crippen molar-refractivity contribution >= 4 is 29.1 Å². The smallest absolute Gasteiger partial charge is 0.295 e. The van der Waals surface area contributed by atoms with Crippen LogP contribution in [-0.2, 0) is 9.59 Å². The highest BCUT2D eigenvalue weighted by atomic mass is 35.5. The molecule has 0 aliphatic carbocycles. The summed E-state index contributed by atoms with van der Waals surface area (Å²) in [5, 5.41) is 11.5. The number of hydrogen-bond donors (Lipinski definition) is 1. The number of aromatic nitrogens is 1. The predicted octanol–water partition coefficient (Wildman–Crippen LogP) is 3.13. The highest BCUT2D eigenvalue weighted by Crippen LogP contribution is 2.42. The van der Waals surface area contributed by atoms with E-state index < -0.39 is 17.7 Å². The molecule has 0 spiro atoms. The standard InChI is InChI=1S/C23H26ClN3O5/c1-26(2)9-6-10-27-20(14-7-5-8-25-13-14)19(22(29)23(27)30)21(28)15-11-16(24)18(32-4)12-17(15)31-3/h5,7-8,11-13,20,28H,6,9-10H2,1-4H3/b21-19+. The van der Waals surface area contributed by atoms with Crippen molar-refractivity contribution in [3.05, 3.63) is 58.4 Å². The van der Waals surface area contributed by atoms with Crippen molar-refractivity contribution in [2.24, 2.45) is 0 Å². The van der Waals surface area contributed by atoms with E-state index in [2.05, 4.69) is 4.98 Å². The van der Waals surface area contributed by atoms with Gasteiger partial charge < -0.3 is 24.4 Å². The number of carbonyl (C=O) groups excluding carboxylic acids is 2. The molecule has 1 aromatic carbocycles. The van der Waals surface area contributed by atoms with Gasteiger partial charge in [0.05, 0.1) is 36.4 Å². The Morgan fingerprint density at radius 3 is 2.53 bits per heavy atom. The van der Waals surface area contributed by atoms with Gasteiger partial charge in [0, 0.05) is 25.0 Å². The summed E-state index contributed by atoms with van der Waals surface area (Å²) in [6, 6.07) is 5.68. The van der Waals surface area contributed by atoms with Crippen molar-refractivity contribution in [2.75, 3.05) is 41.4 Å². The number of hydrogen-bond acceptors (Lipinski definition) is 7. The van der Waals surface area contributed by atoms with Crippen molar-refractivity contribution in [3.8, 4) is 11.5 Å². The van der Waals surface area contributed by atoms with Gasteiger partial charge in [-0.25, -0.2) is 0 Å². The van der Waals surface area contributed by atoms with Gasteiger partial charge in [0.2, 0.25) is 0 Å². The Balaban J connectivity index is 2.16. The predicted molar refractivity (Wildman–Crippen MR) is 121 cm³/mol. The van der Waals surface area contributed by atoms with Gasteiger partial charge in [-0.3, -0.25) is 14.6 Å². The molecular formula is C23H26ClN3O5. The molecule has 1 aliphatic rings. The van der Waals surface area contributed by atoms with Crippen molar-refractivity contribution < 1.29 is 24.2 Å². The number of ether oxygens (including phenoxy) is 2. The van der Waals surface area contributed by atoms with Gasteiger partial charge in [-0.05, 0) is 44.8 Å². The molecule has 2 aromatic rings. The summed E-state index contributed by atoms with van der Waals surface area (Å²) in [5.41, 5.74) is 0.780. The van der Waals surface area contributed by atoms with E-state index in [-0.39, 0.29) is 27.7 Å². The Hall–Kier alpha value is -3.10. The summed E-state index contributed by atoms with van der Waals surface area (Å²) >= 11 is 6.26. The fourth-order valence-electron chi connectivity index (χ4n) is 3.74. The monoisotopic (exact) mass is 459 g/mol. The first kappa shape index (κ1) is 23.6. The Morgan fingerprint density at radius 2 is 1.94 bits per heavy atom. The Labute approximate surface area is 192 Å². The molecule has 1 fully saturated rings. The van der Waals surface area contributed by atoms with Gasteiger partial charge in [0.1, 0.15) is 17.3 Å². The Bertz CT molecular complexity index is 1040. The number of aliphatic hydroxyl groups excluding tert-OH is 1. The summed E-state index contributed by atoms with van der Waals surface area (Å²) < 4.78 is 10.6. The quantitative estimate of drug-likeness (QED) is 0.368. The number of carbonyl (C=O) groups is 2. The number of Topliss-reactive ketones (excluding diaryl/α,β-unsaturated/α-hetero) is 1. The van der Waals surface area contributed by atoms with E-state index in [1.807, 2.05) is 19.0 Å². The lowest BCUT2D eigenvalue weighted by Crippen LogP contribution is -2.32. The van der Waals surface area contributed by atoms with E-state index in [4.69, 9.17) is 21.1 Å². The molecule has 3 rings (SSSR count). The first-order chi connectivity index (χ1) is 15.3. The van der Waals surface area contributed by atoms with Crippen molar-refractivity contribution in [1.82, 2.24) is 14.8 Å². The number of benzene rings is 1. The molecule has 2 heterocycles. The Morgan fingerprint density at radius 1 is 1.22 bits per heavy atom. The third-order valence-electron chi connectivity index (χ3n) is 5.27. The molecule has 1 aromatic heterocycles. The number of ketones is 1. The lowest BCUT2D eigenvalue weighted by atomic mass is 9.96. The largest absolute Gasteiger partial charge is 0.507 e. The first-order valence-electron chi connectivity index (χ1n) is 10.0. The highest BCUT2D eigenvalue weighted by molar-refractivity contribution is 6.46. The van der Waals surface area contributed by atoms with Crippen LogP contribution in [0.3, 0.4) is 0 Å². The van der Waals surface area contributed by atoms with E-state index >= 15 is 0 Å². The summed E-state index contributed by atoms with van der Waals surface area (Å²) in [4.78, 5) is 33.6. The second-order valence-corrected chi connectivity index (χ2v) is 8.03. The topological polar surface area (TPSA) is 92.2 Å². The third-order valence-corrected chi connectivity index (χ3v) is 5.57. The van der Waals surface area contributed by atoms with Crippen molar-refractivity contribution in [1.29, 1.82) is 0 Å². The molecule has 0 radical (unpaired) electrons. The van der Waals surface area contributed by atoms with Crippen LogP contribution in [0.4, 0.5) is 0 Å². The van der Waals surface area contributed by atoms with Crippen LogP contribution in [0, 0.1) is 0 Å². The van der Waals surface area contributed by atoms with Gasteiger partial charge in [-0.15, -0.1) is 0 Å². The average molecular weight is 460 g/mol. The van der Waals surface area contributed by atoms with Gasteiger partial charge in [-0.2, -0.15) is 0 Å². The van der Waals surface area contributed by atoms with E-state index in [1.165, 1.54) is 31.3 Å². The zero-order valence-corrected chi connectivity index (χ0v) is 19.2. The summed E-state index contributed by atoms with van der Waals surface area (Å²) in [5.74, 6) is -1.19. The molecule has 32 heavy (non-hydrogen) atoms. The molecule has 1 N–H and O–H groups in total. The molecule has 1 unspecified atom stereocenters. The van der Waals surface area contributed by atoms with Gasteiger partial charge in [-0.1, -0.05) is 17.7 Å². The molecule has 8 nitrogen and oxygen atoms in total. The van der Waals surface area contributed by atoms with Crippen LogP contribution in [0.1, 0.15) is 23.6 Å². The molecule has 1 aliphatic heterocycles. The van der Waals surface area contributed by atoms with Gasteiger partial charge in [0.15, 0.2) is 0 Å². The van der Waals surface area contributed by atoms with E-state index in [9.17, 15) is 14.7 Å². The zero-order chi connectivity index (χ0) is 23.4. The van der Waals surface area contributed by atoms with Crippen molar-refractivity contribution in [3.63, 3.8) is 0 Å². The number of nitrogens with zero attached hydrogens (tertiary/aromatic N) is 3. The lowest BCUT2D eigenvalue weighted by Gasteiger charge is -2.25. The van der Waals surface area contributed by atoms with Crippen LogP contribution in [0.15, 0.2) is 42.2 Å². The molecule has 1 saturated heterocycles. The molecule has 9 heteroatoms. The molecular weight excluding hydrogens is 434 g/mol. The average Bonchev–Trinajstić information content (AvgIpc) is 3.03. The maximum atomic E-state index is 13.1. The molecule has 0 saturated carbocycles. The van der Waals surface area contributed by atoms with Gasteiger partial charge >= 0.3 is 0 Å². The van der Waals surface area contributed by atoms with E-state index in [1.54, 1.807) is 24.5 Å². The van der Waals surface area contributed by atoms with Crippen LogP contribution in [0.5, 0.6) is 11.5 Å². The molecule has 1 atom stereocenters.